The molecular formula is C28H26FNO5. The van der Waals surface area contributed by atoms with Crippen LogP contribution < -0.4 is 10.2 Å². The second kappa shape index (κ2) is 10.5. The summed E-state index contributed by atoms with van der Waals surface area (Å²) in [4.78, 5) is 28.5. The Morgan fingerprint density at radius 1 is 0.971 bits per heavy atom. The largest absolute Gasteiger partial charge is 0.468 e. The molecule has 0 radical (unpaired) electrons. The molecule has 35 heavy (non-hydrogen) atoms. The molecule has 4 aromatic rings. The van der Waals surface area contributed by atoms with Crippen LogP contribution in [0.4, 0.5) is 4.39 Å². The highest BCUT2D eigenvalue weighted by molar-refractivity contribution is 5.99. The number of nitrogens with zero attached hydrogens (tertiary/aromatic N) is 1. The molecule has 0 spiro atoms. The first-order chi connectivity index (χ1) is 17.1. The Morgan fingerprint density at radius 2 is 1.71 bits per heavy atom. The minimum Gasteiger partial charge on any atom is -0.468 e. The van der Waals surface area contributed by atoms with Crippen molar-refractivity contribution in [1.29, 1.82) is 0 Å². The predicted molar refractivity (Wildman–Crippen MR) is 131 cm³/mol. The van der Waals surface area contributed by atoms with E-state index in [1.807, 2.05) is 19.9 Å². The predicted octanol–water partition coefficient (Wildman–Crippen LogP) is 5.69. The van der Waals surface area contributed by atoms with Crippen LogP contribution in [-0.2, 0) is 11.3 Å². The van der Waals surface area contributed by atoms with Crippen LogP contribution >= 0.6 is 0 Å². The Kier molecular flexibility index (Phi) is 7.27. The van der Waals surface area contributed by atoms with Gasteiger partial charge in [-0.1, -0.05) is 50.2 Å². The lowest BCUT2D eigenvalue weighted by atomic mass is 9.98. The van der Waals surface area contributed by atoms with Crippen LogP contribution in [0, 0.1) is 5.82 Å². The maximum absolute atomic E-state index is 13.5. The summed E-state index contributed by atoms with van der Waals surface area (Å²) in [6.45, 7) is 4.24. The van der Waals surface area contributed by atoms with E-state index in [1.165, 1.54) is 19.2 Å². The number of carbonyl (C=O) groups is 1. The molecule has 0 aliphatic carbocycles. The van der Waals surface area contributed by atoms with Crippen molar-refractivity contribution < 1.29 is 23.1 Å². The highest BCUT2D eigenvalue weighted by Crippen LogP contribution is 2.40. The molecule has 1 unspecified atom stereocenters. The van der Waals surface area contributed by atoms with E-state index in [0.717, 1.165) is 5.56 Å². The van der Waals surface area contributed by atoms with Gasteiger partial charge in [0.05, 0.1) is 17.0 Å². The zero-order valence-corrected chi connectivity index (χ0v) is 19.8. The average molecular weight is 476 g/mol. The zero-order chi connectivity index (χ0) is 24.9. The fourth-order valence-corrected chi connectivity index (χ4v) is 4.16. The molecule has 0 saturated carbocycles. The average Bonchev–Trinajstić information content (AvgIpc) is 3.17. The maximum atomic E-state index is 13.5. The van der Waals surface area contributed by atoms with Crippen molar-refractivity contribution in [2.24, 2.45) is 0 Å². The third-order valence-corrected chi connectivity index (χ3v) is 5.66. The first-order valence-corrected chi connectivity index (χ1v) is 11.4. The molecular weight excluding hydrogens is 449 g/mol. The van der Waals surface area contributed by atoms with Crippen molar-refractivity contribution in [2.45, 2.75) is 26.4 Å². The maximum Gasteiger partial charge on any atom is 0.291 e. The molecule has 180 valence electrons. The van der Waals surface area contributed by atoms with E-state index in [2.05, 4.69) is 0 Å². The van der Waals surface area contributed by atoms with Crippen molar-refractivity contribution in [3.8, 4) is 5.75 Å². The van der Waals surface area contributed by atoms with E-state index in [9.17, 15) is 14.0 Å². The van der Waals surface area contributed by atoms with Crippen molar-refractivity contribution in [3.05, 3.63) is 111 Å². The van der Waals surface area contributed by atoms with Gasteiger partial charge in [-0.3, -0.25) is 9.59 Å². The van der Waals surface area contributed by atoms with Crippen molar-refractivity contribution in [1.82, 2.24) is 4.90 Å². The van der Waals surface area contributed by atoms with E-state index in [-0.39, 0.29) is 35.9 Å². The summed E-state index contributed by atoms with van der Waals surface area (Å²) in [5, 5.41) is 0.407. The molecule has 1 atom stereocenters. The van der Waals surface area contributed by atoms with Crippen LogP contribution in [0.25, 0.3) is 11.0 Å². The molecule has 1 aromatic heterocycles. The number of amides is 1. The number of methoxy groups -OCH3 is 1. The third kappa shape index (κ3) is 4.68. The molecule has 1 aliphatic heterocycles. The van der Waals surface area contributed by atoms with Crippen molar-refractivity contribution >= 4 is 16.9 Å². The molecule has 2 heterocycles. The van der Waals surface area contributed by atoms with Gasteiger partial charge >= 0.3 is 0 Å². The number of ether oxygens (including phenoxy) is 2. The van der Waals surface area contributed by atoms with Crippen LogP contribution in [0.5, 0.6) is 5.75 Å². The fourth-order valence-electron chi connectivity index (χ4n) is 4.16. The number of fused-ring (bicyclic) bond motifs is 2. The van der Waals surface area contributed by atoms with Gasteiger partial charge in [-0.15, -0.1) is 0 Å². The molecule has 1 amide bonds. The number of hydrogen-bond acceptors (Lipinski definition) is 5. The monoisotopic (exact) mass is 475 g/mol. The van der Waals surface area contributed by atoms with Gasteiger partial charge in [-0.25, -0.2) is 4.39 Å². The first kappa shape index (κ1) is 24.2. The zero-order valence-electron chi connectivity index (χ0n) is 19.8. The summed E-state index contributed by atoms with van der Waals surface area (Å²) >= 11 is 0. The molecule has 7 heteroatoms. The van der Waals surface area contributed by atoms with Crippen molar-refractivity contribution in [2.75, 3.05) is 13.9 Å². The summed E-state index contributed by atoms with van der Waals surface area (Å²) in [5.41, 5.74) is 1.81. The fraction of sp³-hybridized carbons (Fsp3) is 0.214. The van der Waals surface area contributed by atoms with Crippen LogP contribution in [0.2, 0.25) is 0 Å². The van der Waals surface area contributed by atoms with Crippen molar-refractivity contribution in [3.63, 3.8) is 0 Å². The van der Waals surface area contributed by atoms with Gasteiger partial charge in [-0.05, 0) is 47.5 Å². The summed E-state index contributed by atoms with van der Waals surface area (Å²) in [6.07, 6.45) is 0. The number of benzene rings is 3. The second-order valence-corrected chi connectivity index (χ2v) is 7.76. The number of carbonyl (C=O) groups excluding carboxylic acids is 1. The van der Waals surface area contributed by atoms with E-state index in [0.29, 0.717) is 22.3 Å². The number of hydrogen-bond donors (Lipinski definition) is 0. The summed E-state index contributed by atoms with van der Waals surface area (Å²) in [5.74, 6) is -0.195. The third-order valence-electron chi connectivity index (χ3n) is 5.66. The standard InChI is InChI=1S/C26H20FNO5.C2H6/c1-31-15-32-19-6-4-5-17(13-19)23-22-24(29)20-7-2-3-8-21(20)33-25(22)26(30)28(23)14-16-9-11-18(27)12-10-16;1-2/h2-13,23H,14-15H2,1H3;1-2H3. The molecule has 5 rings (SSSR count). The number of rotatable bonds is 6. The van der Waals surface area contributed by atoms with Crippen LogP contribution in [0.3, 0.4) is 0 Å². The molecule has 0 bridgehead atoms. The van der Waals surface area contributed by atoms with Crippen LogP contribution in [0.1, 0.15) is 47.1 Å². The van der Waals surface area contributed by atoms with Gasteiger partial charge in [-0.2, -0.15) is 0 Å². The van der Waals surface area contributed by atoms with Gasteiger partial charge in [0.15, 0.2) is 12.2 Å². The van der Waals surface area contributed by atoms with Gasteiger partial charge in [0.2, 0.25) is 5.76 Å². The molecule has 0 N–H and O–H groups in total. The quantitative estimate of drug-likeness (QED) is 0.335. The Labute approximate surface area is 202 Å². The van der Waals surface area contributed by atoms with Gasteiger partial charge in [0.25, 0.3) is 5.91 Å². The van der Waals surface area contributed by atoms with Crippen LogP contribution in [-0.4, -0.2) is 24.7 Å². The van der Waals surface area contributed by atoms with E-state index >= 15 is 0 Å². The lowest BCUT2D eigenvalue weighted by Gasteiger charge is -2.25. The van der Waals surface area contributed by atoms with E-state index in [1.54, 1.807) is 59.5 Å². The lowest BCUT2D eigenvalue weighted by molar-refractivity contribution is 0.0509. The smallest absolute Gasteiger partial charge is 0.291 e. The lowest BCUT2D eigenvalue weighted by Crippen LogP contribution is -2.29. The highest BCUT2D eigenvalue weighted by atomic mass is 19.1. The Morgan fingerprint density at radius 3 is 2.46 bits per heavy atom. The van der Waals surface area contributed by atoms with Gasteiger partial charge in [0.1, 0.15) is 17.1 Å². The Hall–Kier alpha value is -3.97. The van der Waals surface area contributed by atoms with Crippen LogP contribution in [0.15, 0.2) is 82.0 Å². The first-order valence-electron chi connectivity index (χ1n) is 11.4. The second-order valence-electron chi connectivity index (χ2n) is 7.76. The number of halogens is 1. The summed E-state index contributed by atoms with van der Waals surface area (Å²) < 4.78 is 29.9. The van der Waals surface area contributed by atoms with Gasteiger partial charge < -0.3 is 18.8 Å². The summed E-state index contributed by atoms with van der Waals surface area (Å²) in [7, 11) is 1.52. The molecule has 6 nitrogen and oxygen atoms in total. The van der Waals surface area contributed by atoms with Gasteiger partial charge in [0, 0.05) is 13.7 Å². The molecule has 1 aliphatic rings. The topological polar surface area (TPSA) is 69.0 Å². The highest BCUT2D eigenvalue weighted by Gasteiger charge is 2.42. The molecule has 3 aromatic carbocycles. The van der Waals surface area contributed by atoms with E-state index in [4.69, 9.17) is 13.9 Å². The van der Waals surface area contributed by atoms with E-state index < -0.39 is 11.9 Å². The molecule has 0 saturated heterocycles. The minimum absolute atomic E-state index is 0.0222. The molecule has 0 fully saturated rings. The SMILES string of the molecule is CC.COCOc1cccc(C2c3c(oc4ccccc4c3=O)C(=O)N2Cc2ccc(F)cc2)c1. The Bertz CT molecular complexity index is 1400. The number of para-hydroxylation sites is 1. The minimum atomic E-state index is -0.690. The Balaban J connectivity index is 0.00000141. The summed E-state index contributed by atoms with van der Waals surface area (Å²) in [6, 6.07) is 19.3. The normalized spacial score (nSPS) is 14.5.